The number of likely N-dealkylation sites (N-methyl/N-ethyl adjacent to an activating group) is 1. The number of imide groups is 1. The first kappa shape index (κ1) is 13.9. The number of aromatic nitrogens is 2. The Bertz CT molecular complexity index is 823. The van der Waals surface area contributed by atoms with Gasteiger partial charge in [0.25, 0.3) is 5.91 Å². The van der Waals surface area contributed by atoms with Gasteiger partial charge in [-0.15, -0.1) is 0 Å². The molecule has 1 atom stereocenters. The van der Waals surface area contributed by atoms with E-state index in [1.807, 2.05) is 0 Å². The van der Waals surface area contributed by atoms with Gasteiger partial charge in [0.2, 0.25) is 5.91 Å². The zero-order valence-corrected chi connectivity index (χ0v) is 12.5. The van der Waals surface area contributed by atoms with Crippen LogP contribution in [0.5, 0.6) is 0 Å². The summed E-state index contributed by atoms with van der Waals surface area (Å²) in [6.07, 6.45) is 0.696. The SMILES string of the molecule is Cc1cc2c(cc1F)[nH]c(=S)n2C1CCC(=O)N(C)C1=O. The van der Waals surface area contributed by atoms with Gasteiger partial charge in [0.05, 0.1) is 11.0 Å². The monoisotopic (exact) mass is 307 g/mol. The molecule has 1 N–H and O–H groups in total. The van der Waals surface area contributed by atoms with Crippen LogP contribution >= 0.6 is 12.2 Å². The second-order valence-electron chi connectivity index (χ2n) is 5.26. The molecule has 1 unspecified atom stereocenters. The van der Waals surface area contributed by atoms with Crippen LogP contribution < -0.4 is 0 Å². The lowest BCUT2D eigenvalue weighted by molar-refractivity contribution is -0.149. The molecule has 0 saturated carbocycles. The van der Waals surface area contributed by atoms with Crippen LogP contribution in [-0.2, 0) is 9.59 Å². The molecule has 1 aromatic heterocycles. The number of nitrogens with one attached hydrogen (secondary N) is 1. The van der Waals surface area contributed by atoms with Gasteiger partial charge in [-0.2, -0.15) is 0 Å². The van der Waals surface area contributed by atoms with Crippen molar-refractivity contribution in [3.05, 3.63) is 28.3 Å². The number of imidazole rings is 1. The summed E-state index contributed by atoms with van der Waals surface area (Å²) < 4.78 is 15.7. The van der Waals surface area contributed by atoms with Gasteiger partial charge in [-0.3, -0.25) is 14.5 Å². The van der Waals surface area contributed by atoms with Gasteiger partial charge in [-0.1, -0.05) is 0 Å². The number of hydrogen-bond acceptors (Lipinski definition) is 3. The number of nitrogens with zero attached hydrogens (tertiary/aromatic N) is 2. The van der Waals surface area contributed by atoms with E-state index in [1.54, 1.807) is 17.6 Å². The minimum Gasteiger partial charge on any atom is -0.330 e. The topological polar surface area (TPSA) is 58.1 Å². The van der Waals surface area contributed by atoms with E-state index in [1.165, 1.54) is 13.1 Å². The molecule has 2 amide bonds. The lowest BCUT2D eigenvalue weighted by atomic mass is 10.0. The van der Waals surface area contributed by atoms with Crippen LogP contribution in [0, 0.1) is 17.5 Å². The van der Waals surface area contributed by atoms with Gasteiger partial charge in [-0.05, 0) is 43.3 Å². The molecule has 0 aliphatic carbocycles. The predicted molar refractivity (Wildman–Crippen MR) is 77.9 cm³/mol. The van der Waals surface area contributed by atoms with Crippen molar-refractivity contribution in [2.24, 2.45) is 0 Å². The Morgan fingerprint density at radius 2 is 2.10 bits per heavy atom. The molecule has 1 aliphatic rings. The molecule has 1 aliphatic heterocycles. The average Bonchev–Trinajstić information content (AvgIpc) is 2.73. The van der Waals surface area contributed by atoms with Gasteiger partial charge in [0, 0.05) is 13.5 Å². The fourth-order valence-electron chi connectivity index (χ4n) is 2.70. The Morgan fingerprint density at radius 1 is 1.38 bits per heavy atom. The fraction of sp³-hybridized carbons (Fsp3) is 0.357. The first-order valence-corrected chi connectivity index (χ1v) is 7.01. The number of carbonyl (C=O) groups is 2. The number of hydrogen-bond donors (Lipinski definition) is 1. The maximum Gasteiger partial charge on any atom is 0.252 e. The molecule has 1 aromatic carbocycles. The molecule has 5 nitrogen and oxygen atoms in total. The highest BCUT2D eigenvalue weighted by molar-refractivity contribution is 7.71. The number of rotatable bonds is 1. The fourth-order valence-corrected chi connectivity index (χ4v) is 3.03. The number of halogens is 1. The Labute approximate surface area is 125 Å². The zero-order chi connectivity index (χ0) is 15.3. The van der Waals surface area contributed by atoms with Crippen molar-refractivity contribution in [1.29, 1.82) is 0 Å². The molecule has 21 heavy (non-hydrogen) atoms. The Hall–Kier alpha value is -2.02. The summed E-state index contributed by atoms with van der Waals surface area (Å²) in [5.74, 6) is -0.803. The normalized spacial score (nSPS) is 19.6. The molecule has 3 rings (SSSR count). The third-order valence-electron chi connectivity index (χ3n) is 3.93. The standard InChI is InChI=1S/C14H14FN3O2S/c1-7-5-11-9(6-8(7)15)16-14(21)18(11)10-3-4-12(19)17(2)13(10)20/h5-6,10H,3-4H2,1-2H3,(H,16,21). The second-order valence-corrected chi connectivity index (χ2v) is 5.65. The maximum absolute atomic E-state index is 13.6. The van der Waals surface area contributed by atoms with Crippen LogP contribution in [0.3, 0.4) is 0 Å². The van der Waals surface area contributed by atoms with Crippen LogP contribution in [-0.4, -0.2) is 33.3 Å². The summed E-state index contributed by atoms with van der Waals surface area (Å²) >= 11 is 5.27. The molecule has 2 heterocycles. The summed E-state index contributed by atoms with van der Waals surface area (Å²) in [7, 11) is 1.47. The number of piperidine rings is 1. The van der Waals surface area contributed by atoms with E-state index in [0.717, 1.165) is 4.90 Å². The highest BCUT2D eigenvalue weighted by Gasteiger charge is 2.34. The number of aromatic amines is 1. The van der Waals surface area contributed by atoms with Crippen LogP contribution in [0.15, 0.2) is 12.1 Å². The smallest absolute Gasteiger partial charge is 0.252 e. The van der Waals surface area contributed by atoms with E-state index >= 15 is 0 Å². The molecular formula is C14H14FN3O2S. The molecule has 2 aromatic rings. The van der Waals surface area contributed by atoms with E-state index < -0.39 is 6.04 Å². The summed E-state index contributed by atoms with van der Waals surface area (Å²) in [5, 5.41) is 0. The number of likely N-dealkylation sites (tertiary alicyclic amines) is 1. The van der Waals surface area contributed by atoms with E-state index in [2.05, 4.69) is 4.98 Å². The quantitative estimate of drug-likeness (QED) is 0.650. The number of fused-ring (bicyclic) bond motifs is 1. The minimum absolute atomic E-state index is 0.190. The summed E-state index contributed by atoms with van der Waals surface area (Å²) in [4.78, 5) is 28.0. The molecule has 0 bridgehead atoms. The van der Waals surface area contributed by atoms with Crippen molar-refractivity contribution in [3.8, 4) is 0 Å². The van der Waals surface area contributed by atoms with Crippen LogP contribution in [0.25, 0.3) is 11.0 Å². The molecule has 0 radical (unpaired) electrons. The summed E-state index contributed by atoms with van der Waals surface area (Å²) in [5.41, 5.74) is 1.72. The van der Waals surface area contributed by atoms with Crippen LogP contribution in [0.1, 0.15) is 24.4 Å². The van der Waals surface area contributed by atoms with E-state index in [4.69, 9.17) is 12.2 Å². The highest BCUT2D eigenvalue weighted by Crippen LogP contribution is 2.28. The number of carbonyl (C=O) groups excluding carboxylic acids is 2. The molecule has 0 spiro atoms. The van der Waals surface area contributed by atoms with Gasteiger partial charge in [0.15, 0.2) is 4.77 Å². The van der Waals surface area contributed by atoms with Crippen molar-refractivity contribution in [3.63, 3.8) is 0 Å². The van der Waals surface area contributed by atoms with Crippen LogP contribution in [0.4, 0.5) is 4.39 Å². The minimum atomic E-state index is -0.529. The average molecular weight is 307 g/mol. The highest BCUT2D eigenvalue weighted by atomic mass is 32.1. The van der Waals surface area contributed by atoms with Gasteiger partial charge >= 0.3 is 0 Å². The first-order valence-electron chi connectivity index (χ1n) is 6.61. The van der Waals surface area contributed by atoms with E-state index in [-0.39, 0.29) is 17.6 Å². The van der Waals surface area contributed by atoms with Crippen molar-refractivity contribution >= 4 is 35.1 Å². The van der Waals surface area contributed by atoms with Crippen molar-refractivity contribution < 1.29 is 14.0 Å². The molecule has 1 fully saturated rings. The van der Waals surface area contributed by atoms with Crippen molar-refractivity contribution in [2.75, 3.05) is 7.05 Å². The third-order valence-corrected chi connectivity index (χ3v) is 4.23. The number of amides is 2. The Morgan fingerprint density at radius 3 is 2.81 bits per heavy atom. The lowest BCUT2D eigenvalue weighted by Crippen LogP contribution is -2.43. The van der Waals surface area contributed by atoms with Gasteiger partial charge in [0.1, 0.15) is 11.9 Å². The number of benzene rings is 1. The van der Waals surface area contributed by atoms with Gasteiger partial charge < -0.3 is 9.55 Å². The molecule has 7 heteroatoms. The summed E-state index contributed by atoms with van der Waals surface area (Å²) in [6.45, 7) is 1.66. The zero-order valence-electron chi connectivity index (χ0n) is 11.6. The van der Waals surface area contributed by atoms with E-state index in [0.29, 0.717) is 34.2 Å². The first-order chi connectivity index (χ1) is 9.90. The second kappa shape index (κ2) is 4.77. The largest absolute Gasteiger partial charge is 0.330 e. The number of H-pyrrole nitrogens is 1. The van der Waals surface area contributed by atoms with Crippen molar-refractivity contribution in [2.45, 2.75) is 25.8 Å². The Balaban J connectivity index is 2.19. The van der Waals surface area contributed by atoms with Crippen molar-refractivity contribution in [1.82, 2.24) is 14.5 Å². The third kappa shape index (κ3) is 2.08. The molecule has 1 saturated heterocycles. The maximum atomic E-state index is 13.6. The molecular weight excluding hydrogens is 293 g/mol. The van der Waals surface area contributed by atoms with E-state index in [9.17, 15) is 14.0 Å². The van der Waals surface area contributed by atoms with Gasteiger partial charge in [-0.25, -0.2) is 4.39 Å². The molecule has 110 valence electrons. The van der Waals surface area contributed by atoms with Crippen LogP contribution in [0.2, 0.25) is 0 Å². The lowest BCUT2D eigenvalue weighted by Gasteiger charge is -2.28. The Kier molecular flexibility index (Phi) is 3.16. The number of aryl methyl sites for hydroxylation is 1. The predicted octanol–water partition coefficient (Wildman–Crippen LogP) is 2.47. The summed E-state index contributed by atoms with van der Waals surface area (Å²) in [6, 6.07) is 2.51.